The Bertz CT molecular complexity index is 461. The molecule has 0 atom stereocenters. The average Bonchev–Trinajstić information content (AvgIpc) is 2.45. The zero-order valence-electron chi connectivity index (χ0n) is 16.1. The SMILES string of the molecule is C=C(C)C(=O)OCCCOP(=O)(O)OCCCOC(=O)C(=C)C.[H-].[H-].[Mg+2]. The number of phosphoric acid groups is 1. The van der Waals surface area contributed by atoms with Gasteiger partial charge in [0.25, 0.3) is 0 Å². The smallest absolute Gasteiger partial charge is 1.00 e. The van der Waals surface area contributed by atoms with E-state index in [2.05, 4.69) is 13.2 Å². The maximum Gasteiger partial charge on any atom is 2.00 e. The monoisotopic (exact) mass is 376 g/mol. The number of carbonyl (C=O) groups excluding carboxylic acids is 2. The molecule has 8 nitrogen and oxygen atoms in total. The molecule has 0 aliphatic carbocycles. The summed E-state index contributed by atoms with van der Waals surface area (Å²) in [4.78, 5) is 31.5. The summed E-state index contributed by atoms with van der Waals surface area (Å²) in [7, 11) is -4.17. The summed E-state index contributed by atoms with van der Waals surface area (Å²) >= 11 is 0. The third kappa shape index (κ3) is 13.7. The number of rotatable bonds is 12. The van der Waals surface area contributed by atoms with Gasteiger partial charge in [-0.3, -0.25) is 9.05 Å². The molecule has 0 aromatic heterocycles. The number of hydrogen-bond acceptors (Lipinski definition) is 7. The first kappa shape index (κ1) is 25.5. The largest absolute Gasteiger partial charge is 2.00 e. The Morgan fingerprint density at radius 1 is 0.917 bits per heavy atom. The molecule has 136 valence electrons. The quantitative estimate of drug-likeness (QED) is 0.181. The van der Waals surface area contributed by atoms with Crippen molar-refractivity contribution in [2.24, 2.45) is 0 Å². The number of phosphoric ester groups is 1. The fraction of sp³-hybridized carbons (Fsp3) is 0.571. The van der Waals surface area contributed by atoms with Gasteiger partial charge in [0.1, 0.15) is 0 Å². The van der Waals surface area contributed by atoms with Gasteiger partial charge in [0.2, 0.25) is 0 Å². The number of hydrogen-bond donors (Lipinski definition) is 1. The Kier molecular flexibility index (Phi) is 14.4. The van der Waals surface area contributed by atoms with Crippen molar-refractivity contribution in [2.75, 3.05) is 26.4 Å². The minimum Gasteiger partial charge on any atom is -1.00 e. The second-order valence-electron chi connectivity index (χ2n) is 4.67. The van der Waals surface area contributed by atoms with Crippen molar-refractivity contribution in [2.45, 2.75) is 26.7 Å². The number of carbonyl (C=O) groups is 2. The average molecular weight is 377 g/mol. The standard InChI is InChI=1S/C14H23O8P.Mg.2H/c1-11(2)13(15)19-7-5-9-21-23(17,18)22-10-6-8-20-14(16)12(3)4;;;/h1,3,5-10H2,2,4H3,(H,17,18);;;/q;+2;2*-1. The summed E-state index contributed by atoms with van der Waals surface area (Å²) in [6.45, 7) is 9.73. The molecule has 1 N–H and O–H groups in total. The molecule has 0 heterocycles. The number of esters is 2. The van der Waals surface area contributed by atoms with Crippen molar-refractivity contribution in [1.82, 2.24) is 0 Å². The molecule has 0 unspecified atom stereocenters. The second kappa shape index (κ2) is 13.6. The fourth-order valence-electron chi connectivity index (χ4n) is 1.09. The maximum atomic E-state index is 11.5. The molecule has 0 aromatic rings. The minimum atomic E-state index is -4.17. The summed E-state index contributed by atoms with van der Waals surface area (Å²) in [6.07, 6.45) is 0.478. The third-order valence-electron chi connectivity index (χ3n) is 2.25. The Balaban J connectivity index is -0.000000807. The van der Waals surface area contributed by atoms with Crippen molar-refractivity contribution in [3.05, 3.63) is 24.3 Å². The molecule has 0 saturated carbocycles. The van der Waals surface area contributed by atoms with Crippen LogP contribution in [0, 0.1) is 0 Å². The molecule has 0 rings (SSSR count). The van der Waals surface area contributed by atoms with Crippen LogP contribution < -0.4 is 0 Å². The van der Waals surface area contributed by atoms with E-state index in [1.54, 1.807) is 0 Å². The van der Waals surface area contributed by atoms with Gasteiger partial charge in [-0.25, -0.2) is 14.2 Å². The Morgan fingerprint density at radius 2 is 1.25 bits per heavy atom. The molecule has 0 radical (unpaired) electrons. The van der Waals surface area contributed by atoms with Crippen molar-refractivity contribution >= 4 is 42.8 Å². The third-order valence-corrected chi connectivity index (χ3v) is 3.27. The predicted molar refractivity (Wildman–Crippen MR) is 90.5 cm³/mol. The summed E-state index contributed by atoms with van der Waals surface area (Å²) in [5.74, 6) is -1.06. The van der Waals surface area contributed by atoms with Crippen molar-refractivity contribution < 1.29 is 40.4 Å². The normalized spacial score (nSPS) is 10.5. The van der Waals surface area contributed by atoms with Gasteiger partial charge in [0, 0.05) is 24.0 Å². The summed E-state index contributed by atoms with van der Waals surface area (Å²) in [6, 6.07) is 0. The van der Waals surface area contributed by atoms with Gasteiger partial charge in [0.05, 0.1) is 26.4 Å². The molecule has 0 fully saturated rings. The van der Waals surface area contributed by atoms with E-state index < -0.39 is 19.8 Å². The van der Waals surface area contributed by atoms with Crippen LogP contribution in [0.15, 0.2) is 24.3 Å². The van der Waals surface area contributed by atoms with Crippen LogP contribution in [0.5, 0.6) is 0 Å². The summed E-state index contributed by atoms with van der Waals surface area (Å²) in [5, 5.41) is 0. The fourth-order valence-corrected chi connectivity index (χ4v) is 1.89. The molecule has 0 aromatic carbocycles. The first-order valence-corrected chi connectivity index (χ1v) is 8.42. The van der Waals surface area contributed by atoms with Crippen LogP contribution in [0.2, 0.25) is 0 Å². The molecule has 0 spiro atoms. The molecular weight excluding hydrogens is 351 g/mol. The molecule has 0 aliphatic rings. The topological polar surface area (TPSA) is 108 Å². The molecule has 0 bridgehead atoms. The zero-order chi connectivity index (χ0) is 17.9. The van der Waals surface area contributed by atoms with Crippen LogP contribution in [0.1, 0.15) is 29.5 Å². The molecule has 10 heteroatoms. The van der Waals surface area contributed by atoms with E-state index >= 15 is 0 Å². The van der Waals surface area contributed by atoms with Gasteiger partial charge in [-0.2, -0.15) is 0 Å². The summed E-state index contributed by atoms with van der Waals surface area (Å²) in [5.41, 5.74) is 0.545. The molecule has 0 amide bonds. The van der Waals surface area contributed by atoms with E-state index in [0.29, 0.717) is 0 Å². The van der Waals surface area contributed by atoms with Gasteiger partial charge in [0.15, 0.2) is 0 Å². The van der Waals surface area contributed by atoms with Gasteiger partial charge in [-0.1, -0.05) is 13.2 Å². The Hall–Kier alpha value is -0.704. The van der Waals surface area contributed by atoms with Crippen LogP contribution in [-0.4, -0.2) is 66.3 Å². The maximum absolute atomic E-state index is 11.5. The predicted octanol–water partition coefficient (Wildman–Crippen LogP) is 1.98. The summed E-state index contributed by atoms with van der Waals surface area (Å²) < 4.78 is 30.4. The first-order chi connectivity index (χ1) is 10.7. The van der Waals surface area contributed by atoms with Crippen LogP contribution in [0.4, 0.5) is 0 Å². The Morgan fingerprint density at radius 3 is 1.54 bits per heavy atom. The Labute approximate surface area is 160 Å². The van der Waals surface area contributed by atoms with Gasteiger partial charge in [-0.05, 0) is 13.8 Å². The van der Waals surface area contributed by atoms with Gasteiger partial charge in [-0.15, -0.1) is 0 Å². The van der Waals surface area contributed by atoms with Crippen molar-refractivity contribution in [1.29, 1.82) is 0 Å². The number of ether oxygens (including phenoxy) is 2. The van der Waals surface area contributed by atoms with E-state index in [4.69, 9.17) is 18.5 Å². The van der Waals surface area contributed by atoms with Crippen LogP contribution in [-0.2, 0) is 32.7 Å². The first-order valence-electron chi connectivity index (χ1n) is 6.93. The van der Waals surface area contributed by atoms with Gasteiger partial charge < -0.3 is 17.2 Å². The van der Waals surface area contributed by atoms with E-state index in [1.165, 1.54) is 13.8 Å². The van der Waals surface area contributed by atoms with E-state index in [-0.39, 0.29) is 76.3 Å². The van der Waals surface area contributed by atoms with E-state index in [1.807, 2.05) is 0 Å². The van der Waals surface area contributed by atoms with Crippen LogP contribution in [0.25, 0.3) is 0 Å². The van der Waals surface area contributed by atoms with Crippen molar-refractivity contribution in [3.63, 3.8) is 0 Å². The van der Waals surface area contributed by atoms with E-state index in [9.17, 15) is 19.0 Å². The molecular formula is C14H25MgO8P. The molecule has 24 heavy (non-hydrogen) atoms. The van der Waals surface area contributed by atoms with Crippen molar-refractivity contribution in [3.8, 4) is 0 Å². The minimum absolute atomic E-state index is 0. The van der Waals surface area contributed by atoms with Crippen LogP contribution >= 0.6 is 7.82 Å². The second-order valence-corrected chi connectivity index (χ2v) is 6.13. The van der Waals surface area contributed by atoms with E-state index in [0.717, 1.165) is 0 Å². The molecule has 0 saturated heterocycles. The van der Waals surface area contributed by atoms with Gasteiger partial charge >= 0.3 is 42.8 Å². The zero-order valence-corrected chi connectivity index (χ0v) is 16.4. The van der Waals surface area contributed by atoms with Crippen LogP contribution in [0.3, 0.4) is 0 Å². The molecule has 0 aliphatic heterocycles.